The fourth-order valence-electron chi connectivity index (χ4n) is 1.84. The van der Waals surface area contributed by atoms with E-state index in [1.54, 1.807) is 45.0 Å². The van der Waals surface area contributed by atoms with Crippen molar-refractivity contribution in [3.05, 3.63) is 29.8 Å². The van der Waals surface area contributed by atoms with Gasteiger partial charge in [0.05, 0.1) is 19.1 Å². The second-order valence-electron chi connectivity index (χ2n) is 5.80. The van der Waals surface area contributed by atoms with Gasteiger partial charge in [0.25, 0.3) is 0 Å². The Hall–Kier alpha value is -2.24. The van der Waals surface area contributed by atoms with E-state index in [-0.39, 0.29) is 6.42 Å². The lowest BCUT2D eigenvalue weighted by Crippen LogP contribution is -2.35. The molecule has 0 aliphatic heterocycles. The molecule has 0 spiro atoms. The van der Waals surface area contributed by atoms with Crippen molar-refractivity contribution < 1.29 is 24.2 Å². The Labute approximate surface area is 130 Å². The van der Waals surface area contributed by atoms with E-state index in [0.717, 1.165) is 0 Å². The van der Waals surface area contributed by atoms with Gasteiger partial charge in [-0.05, 0) is 45.4 Å². The van der Waals surface area contributed by atoms with Crippen molar-refractivity contribution in [2.45, 2.75) is 45.8 Å². The second-order valence-corrected chi connectivity index (χ2v) is 5.80. The number of ether oxygens (including phenoxy) is 2. The van der Waals surface area contributed by atoms with Gasteiger partial charge in [0.15, 0.2) is 0 Å². The van der Waals surface area contributed by atoms with Crippen LogP contribution in [0.25, 0.3) is 0 Å². The molecular weight excluding hydrogens is 286 g/mol. The predicted octanol–water partition coefficient (Wildman–Crippen LogP) is 3.13. The quantitative estimate of drug-likeness (QED) is 0.843. The monoisotopic (exact) mass is 309 g/mol. The fourth-order valence-corrected chi connectivity index (χ4v) is 1.84. The van der Waals surface area contributed by atoms with Crippen LogP contribution in [0.2, 0.25) is 0 Å². The van der Waals surface area contributed by atoms with E-state index in [1.165, 1.54) is 0 Å². The zero-order chi connectivity index (χ0) is 16.8. The van der Waals surface area contributed by atoms with Crippen LogP contribution in [0.5, 0.6) is 5.75 Å². The third-order valence-corrected chi connectivity index (χ3v) is 2.66. The number of hydrogen-bond donors (Lipinski definition) is 2. The number of benzene rings is 1. The number of aliphatic carboxylic acids is 1. The summed E-state index contributed by atoms with van der Waals surface area (Å²) in [5.41, 5.74) is 0.0353. The van der Waals surface area contributed by atoms with Gasteiger partial charge in [-0.25, -0.2) is 4.79 Å². The van der Waals surface area contributed by atoms with Gasteiger partial charge < -0.3 is 19.9 Å². The number of carboxylic acid groups (broad SMARTS) is 1. The Balaban J connectivity index is 2.83. The summed E-state index contributed by atoms with van der Waals surface area (Å²) in [4.78, 5) is 22.8. The molecule has 6 heteroatoms. The average molecular weight is 309 g/mol. The summed E-state index contributed by atoms with van der Waals surface area (Å²) in [5.74, 6) is -0.312. The van der Waals surface area contributed by atoms with Gasteiger partial charge in [-0.3, -0.25) is 4.79 Å². The summed E-state index contributed by atoms with van der Waals surface area (Å²) in [6.45, 7) is 7.67. The molecule has 0 fully saturated rings. The van der Waals surface area contributed by atoms with E-state index in [9.17, 15) is 9.59 Å². The van der Waals surface area contributed by atoms with Crippen LogP contribution >= 0.6 is 0 Å². The van der Waals surface area contributed by atoms with Crippen LogP contribution in [0.15, 0.2) is 24.3 Å². The maximum absolute atomic E-state index is 11.8. The zero-order valence-electron chi connectivity index (χ0n) is 13.4. The molecule has 1 aromatic rings. The molecule has 0 aromatic heterocycles. The molecule has 0 heterocycles. The summed E-state index contributed by atoms with van der Waals surface area (Å²) >= 11 is 0. The molecule has 0 aliphatic rings. The lowest BCUT2D eigenvalue weighted by molar-refractivity contribution is -0.137. The number of nitrogens with one attached hydrogen (secondary N) is 1. The summed E-state index contributed by atoms with van der Waals surface area (Å²) < 4.78 is 10.5. The third kappa shape index (κ3) is 6.47. The molecule has 0 aliphatic carbocycles. The lowest BCUT2D eigenvalue weighted by Gasteiger charge is -2.23. The van der Waals surface area contributed by atoms with Crippen molar-refractivity contribution in [2.75, 3.05) is 6.61 Å². The van der Waals surface area contributed by atoms with E-state index >= 15 is 0 Å². The number of amides is 1. The summed E-state index contributed by atoms with van der Waals surface area (Å²) in [6, 6.07) is 6.28. The van der Waals surface area contributed by atoms with Crippen LogP contribution in [0.4, 0.5) is 4.79 Å². The highest BCUT2D eigenvalue weighted by atomic mass is 16.6. The van der Waals surface area contributed by atoms with Crippen LogP contribution in [0.1, 0.15) is 45.7 Å². The van der Waals surface area contributed by atoms with Crippen molar-refractivity contribution in [1.82, 2.24) is 5.32 Å². The normalized spacial score (nSPS) is 12.4. The van der Waals surface area contributed by atoms with Gasteiger partial charge in [0.2, 0.25) is 0 Å². The number of rotatable bonds is 6. The maximum Gasteiger partial charge on any atom is 0.408 e. The molecule has 1 amide bonds. The smallest absolute Gasteiger partial charge is 0.408 e. The Morgan fingerprint density at radius 1 is 1.23 bits per heavy atom. The van der Waals surface area contributed by atoms with Crippen molar-refractivity contribution in [2.24, 2.45) is 0 Å². The molecule has 1 aromatic carbocycles. The molecule has 122 valence electrons. The highest BCUT2D eigenvalue weighted by Crippen LogP contribution is 2.21. The number of carbonyl (C=O) groups excluding carboxylic acids is 1. The Morgan fingerprint density at radius 3 is 2.27 bits per heavy atom. The number of carboxylic acids is 1. The van der Waals surface area contributed by atoms with Crippen LogP contribution in [0.3, 0.4) is 0 Å². The molecular formula is C16H23NO5. The molecule has 2 N–H and O–H groups in total. The van der Waals surface area contributed by atoms with Gasteiger partial charge in [0, 0.05) is 0 Å². The third-order valence-electron chi connectivity index (χ3n) is 2.66. The summed E-state index contributed by atoms with van der Waals surface area (Å²) in [6.07, 6.45) is -0.875. The SMILES string of the molecule is CCOc1ccc(C(CC(=O)O)NC(=O)OC(C)(C)C)cc1. The minimum Gasteiger partial charge on any atom is -0.494 e. The average Bonchev–Trinajstić information content (AvgIpc) is 2.36. The van der Waals surface area contributed by atoms with E-state index in [4.69, 9.17) is 14.6 Å². The highest BCUT2D eigenvalue weighted by Gasteiger charge is 2.22. The standard InChI is InChI=1S/C16H23NO5/c1-5-21-12-8-6-11(7-9-12)13(10-14(18)19)17-15(20)22-16(2,3)4/h6-9,13H,5,10H2,1-4H3,(H,17,20)(H,18,19). The molecule has 0 radical (unpaired) electrons. The number of carbonyl (C=O) groups is 2. The molecule has 1 atom stereocenters. The highest BCUT2D eigenvalue weighted by molar-refractivity contribution is 5.72. The first kappa shape index (κ1) is 17.8. The lowest BCUT2D eigenvalue weighted by atomic mass is 10.0. The van der Waals surface area contributed by atoms with Crippen LogP contribution in [0, 0.1) is 0 Å². The summed E-state index contributed by atoms with van der Waals surface area (Å²) in [5, 5.41) is 11.6. The zero-order valence-corrected chi connectivity index (χ0v) is 13.4. The van der Waals surface area contributed by atoms with Crippen LogP contribution in [-0.4, -0.2) is 29.4 Å². The van der Waals surface area contributed by atoms with Gasteiger partial charge in [-0.2, -0.15) is 0 Å². The van der Waals surface area contributed by atoms with Crippen LogP contribution in [-0.2, 0) is 9.53 Å². The molecule has 0 bridgehead atoms. The molecule has 0 saturated carbocycles. The molecule has 1 rings (SSSR count). The van der Waals surface area contributed by atoms with E-state index in [0.29, 0.717) is 17.9 Å². The Morgan fingerprint density at radius 2 is 1.82 bits per heavy atom. The molecule has 0 saturated heterocycles. The second kappa shape index (κ2) is 7.68. The largest absolute Gasteiger partial charge is 0.494 e. The number of hydrogen-bond acceptors (Lipinski definition) is 4. The predicted molar refractivity (Wildman–Crippen MR) is 82.0 cm³/mol. The van der Waals surface area contributed by atoms with E-state index < -0.39 is 23.7 Å². The molecule has 22 heavy (non-hydrogen) atoms. The minimum absolute atomic E-state index is 0.229. The van der Waals surface area contributed by atoms with Gasteiger partial charge in [0.1, 0.15) is 11.4 Å². The van der Waals surface area contributed by atoms with Gasteiger partial charge in [-0.1, -0.05) is 12.1 Å². The maximum atomic E-state index is 11.8. The van der Waals surface area contributed by atoms with Crippen molar-refractivity contribution in [3.63, 3.8) is 0 Å². The van der Waals surface area contributed by atoms with E-state index in [2.05, 4.69) is 5.32 Å². The first-order valence-corrected chi connectivity index (χ1v) is 7.15. The first-order chi connectivity index (χ1) is 10.2. The van der Waals surface area contributed by atoms with Crippen LogP contribution < -0.4 is 10.1 Å². The number of alkyl carbamates (subject to hydrolysis) is 1. The van der Waals surface area contributed by atoms with E-state index in [1.807, 2.05) is 6.92 Å². The Bertz CT molecular complexity index is 504. The first-order valence-electron chi connectivity index (χ1n) is 7.15. The van der Waals surface area contributed by atoms with Crippen molar-refractivity contribution in [1.29, 1.82) is 0 Å². The molecule has 6 nitrogen and oxygen atoms in total. The van der Waals surface area contributed by atoms with Gasteiger partial charge in [-0.15, -0.1) is 0 Å². The Kier molecular flexibility index (Phi) is 6.22. The van der Waals surface area contributed by atoms with Crippen molar-refractivity contribution in [3.8, 4) is 5.75 Å². The van der Waals surface area contributed by atoms with Gasteiger partial charge >= 0.3 is 12.1 Å². The minimum atomic E-state index is -1.00. The summed E-state index contributed by atoms with van der Waals surface area (Å²) in [7, 11) is 0. The molecule has 1 unspecified atom stereocenters. The fraction of sp³-hybridized carbons (Fsp3) is 0.500. The topological polar surface area (TPSA) is 84.9 Å². The van der Waals surface area contributed by atoms with Crippen molar-refractivity contribution >= 4 is 12.1 Å².